The first-order valence-electron chi connectivity index (χ1n) is 4.99. The SMILES string of the molecule is CC(CN)(CN)CC(=O)CCSS(C)(=O)=O.Cl.Cl. The fourth-order valence-corrected chi connectivity index (χ4v) is 2.87. The minimum atomic E-state index is -3.06. The molecule has 0 aliphatic heterocycles. The van der Waals surface area contributed by atoms with Crippen LogP contribution in [0.3, 0.4) is 0 Å². The molecule has 0 heterocycles. The Morgan fingerprint density at radius 1 is 1.22 bits per heavy atom. The molecule has 4 N–H and O–H groups in total. The van der Waals surface area contributed by atoms with Crippen LogP contribution < -0.4 is 11.5 Å². The van der Waals surface area contributed by atoms with Crippen LogP contribution in [0.25, 0.3) is 0 Å². The van der Waals surface area contributed by atoms with E-state index in [1.807, 2.05) is 6.92 Å². The number of hydrogen-bond acceptors (Lipinski definition) is 6. The zero-order valence-electron chi connectivity index (χ0n) is 10.5. The van der Waals surface area contributed by atoms with Gasteiger partial charge in [-0.1, -0.05) is 6.92 Å². The second-order valence-corrected chi connectivity index (χ2v) is 8.79. The number of halogens is 2. The van der Waals surface area contributed by atoms with Gasteiger partial charge in [0.2, 0.25) is 0 Å². The molecular formula is C9H22Cl2N2O3S2. The third-order valence-electron chi connectivity index (χ3n) is 2.29. The number of carbonyl (C=O) groups is 1. The smallest absolute Gasteiger partial charge is 0.198 e. The van der Waals surface area contributed by atoms with Crippen molar-refractivity contribution in [1.29, 1.82) is 0 Å². The number of Topliss-reactive ketones (excluding diaryl/α,β-unsaturated/α-hetero) is 1. The summed E-state index contributed by atoms with van der Waals surface area (Å²) < 4.78 is 21.6. The van der Waals surface area contributed by atoms with Gasteiger partial charge in [0.15, 0.2) is 8.87 Å². The van der Waals surface area contributed by atoms with Crippen LogP contribution >= 0.6 is 35.6 Å². The Hall–Kier alpha value is 0.470. The Morgan fingerprint density at radius 2 is 1.67 bits per heavy atom. The second-order valence-electron chi connectivity index (χ2n) is 4.21. The van der Waals surface area contributed by atoms with Crippen molar-refractivity contribution in [3.8, 4) is 0 Å². The van der Waals surface area contributed by atoms with E-state index >= 15 is 0 Å². The quantitative estimate of drug-likeness (QED) is 0.633. The van der Waals surface area contributed by atoms with E-state index in [2.05, 4.69) is 0 Å². The van der Waals surface area contributed by atoms with E-state index in [4.69, 9.17) is 11.5 Å². The number of carbonyl (C=O) groups excluding carboxylic acids is 1. The third-order valence-corrected chi connectivity index (χ3v) is 4.87. The maximum Gasteiger partial charge on any atom is 0.198 e. The highest BCUT2D eigenvalue weighted by atomic mass is 35.5. The molecular weight excluding hydrogens is 319 g/mol. The van der Waals surface area contributed by atoms with Gasteiger partial charge in [0.25, 0.3) is 0 Å². The average Bonchev–Trinajstić information content (AvgIpc) is 2.15. The number of ketones is 1. The molecule has 9 heteroatoms. The lowest BCUT2D eigenvalue weighted by Gasteiger charge is -2.24. The molecule has 0 aromatic heterocycles. The van der Waals surface area contributed by atoms with Gasteiger partial charge in [0, 0.05) is 24.9 Å². The van der Waals surface area contributed by atoms with Crippen molar-refractivity contribution in [1.82, 2.24) is 0 Å². The van der Waals surface area contributed by atoms with Crippen molar-refractivity contribution in [2.45, 2.75) is 19.8 Å². The first kappa shape index (κ1) is 23.6. The van der Waals surface area contributed by atoms with Crippen molar-refractivity contribution in [3.63, 3.8) is 0 Å². The molecule has 18 heavy (non-hydrogen) atoms. The molecule has 0 amide bonds. The summed E-state index contributed by atoms with van der Waals surface area (Å²) >= 11 is 0. The summed E-state index contributed by atoms with van der Waals surface area (Å²) in [4.78, 5) is 11.5. The maximum absolute atomic E-state index is 11.5. The van der Waals surface area contributed by atoms with Crippen LogP contribution in [0.2, 0.25) is 0 Å². The summed E-state index contributed by atoms with van der Waals surface area (Å²) in [6, 6.07) is 0. The van der Waals surface area contributed by atoms with E-state index in [0.717, 1.165) is 17.0 Å². The summed E-state index contributed by atoms with van der Waals surface area (Å²) in [6.07, 6.45) is 1.68. The summed E-state index contributed by atoms with van der Waals surface area (Å²) in [5.41, 5.74) is 10.7. The molecule has 0 aromatic carbocycles. The molecule has 0 atom stereocenters. The standard InChI is InChI=1S/C9H20N2O3S2.2ClH/c1-9(6-10,7-11)5-8(12)3-4-15-16(2,13)14;;/h3-7,10-11H2,1-2H3;2*1H. The van der Waals surface area contributed by atoms with Crippen LogP contribution in [0.5, 0.6) is 0 Å². The molecule has 5 nitrogen and oxygen atoms in total. The van der Waals surface area contributed by atoms with Crippen LogP contribution in [0.15, 0.2) is 0 Å². The van der Waals surface area contributed by atoms with E-state index in [1.165, 1.54) is 0 Å². The lowest BCUT2D eigenvalue weighted by atomic mass is 9.85. The first-order chi connectivity index (χ1) is 7.22. The van der Waals surface area contributed by atoms with Crippen LogP contribution in [-0.4, -0.2) is 39.3 Å². The Morgan fingerprint density at radius 3 is 2.00 bits per heavy atom. The van der Waals surface area contributed by atoms with Gasteiger partial charge in [0.05, 0.1) is 0 Å². The Labute approximate surface area is 125 Å². The fourth-order valence-electron chi connectivity index (χ4n) is 1.10. The molecule has 0 saturated carbocycles. The van der Waals surface area contributed by atoms with Gasteiger partial charge < -0.3 is 11.5 Å². The van der Waals surface area contributed by atoms with Crippen LogP contribution in [0.4, 0.5) is 0 Å². The van der Waals surface area contributed by atoms with Crippen molar-refractivity contribution < 1.29 is 13.2 Å². The lowest BCUT2D eigenvalue weighted by molar-refractivity contribution is -0.120. The molecule has 0 fully saturated rings. The lowest BCUT2D eigenvalue weighted by Crippen LogP contribution is -2.37. The van der Waals surface area contributed by atoms with Crippen molar-refractivity contribution in [3.05, 3.63) is 0 Å². The Balaban J connectivity index is -0.00000112. The molecule has 0 aliphatic rings. The molecule has 0 bridgehead atoms. The van der Waals surface area contributed by atoms with Crippen LogP contribution in [0.1, 0.15) is 19.8 Å². The normalized spacial score (nSPS) is 11.3. The highest BCUT2D eigenvalue weighted by molar-refractivity contribution is 8.71. The zero-order valence-corrected chi connectivity index (χ0v) is 13.8. The molecule has 0 aliphatic carbocycles. The minimum Gasteiger partial charge on any atom is -0.330 e. The zero-order chi connectivity index (χ0) is 12.8. The maximum atomic E-state index is 11.5. The van der Waals surface area contributed by atoms with Gasteiger partial charge in [-0.05, 0) is 29.3 Å². The summed E-state index contributed by atoms with van der Waals surface area (Å²) in [5, 5.41) is 0. The molecule has 0 radical (unpaired) electrons. The number of rotatable bonds is 8. The average molecular weight is 341 g/mol. The Kier molecular flexibility index (Phi) is 13.5. The van der Waals surface area contributed by atoms with Gasteiger partial charge >= 0.3 is 0 Å². The van der Waals surface area contributed by atoms with Crippen LogP contribution in [-0.2, 0) is 13.7 Å². The van der Waals surface area contributed by atoms with E-state index in [0.29, 0.717) is 25.3 Å². The summed E-state index contributed by atoms with van der Waals surface area (Å²) in [6.45, 7) is 2.57. The van der Waals surface area contributed by atoms with Crippen molar-refractivity contribution in [2.24, 2.45) is 16.9 Å². The minimum absolute atomic E-state index is 0. The highest BCUT2D eigenvalue weighted by Gasteiger charge is 2.24. The predicted molar refractivity (Wildman–Crippen MR) is 82.3 cm³/mol. The van der Waals surface area contributed by atoms with E-state index in [1.54, 1.807) is 0 Å². The third kappa shape index (κ3) is 11.6. The van der Waals surface area contributed by atoms with E-state index in [9.17, 15) is 13.2 Å². The van der Waals surface area contributed by atoms with Crippen molar-refractivity contribution in [2.75, 3.05) is 25.1 Å². The van der Waals surface area contributed by atoms with Gasteiger partial charge in [-0.15, -0.1) is 24.8 Å². The number of hydrogen-bond donors (Lipinski definition) is 2. The van der Waals surface area contributed by atoms with Gasteiger partial charge in [-0.2, -0.15) is 0 Å². The van der Waals surface area contributed by atoms with Crippen molar-refractivity contribution >= 4 is 50.3 Å². The van der Waals surface area contributed by atoms with Gasteiger partial charge in [-0.25, -0.2) is 8.42 Å². The summed E-state index contributed by atoms with van der Waals surface area (Å²) in [7, 11) is -2.27. The molecule has 0 rings (SSSR count). The van der Waals surface area contributed by atoms with Gasteiger partial charge in [-0.3, -0.25) is 4.79 Å². The Bertz CT molecular complexity index is 333. The largest absolute Gasteiger partial charge is 0.330 e. The highest BCUT2D eigenvalue weighted by Crippen LogP contribution is 2.20. The molecule has 0 saturated heterocycles. The van der Waals surface area contributed by atoms with E-state index < -0.39 is 8.87 Å². The molecule has 112 valence electrons. The van der Waals surface area contributed by atoms with Crippen LogP contribution in [0, 0.1) is 5.41 Å². The monoisotopic (exact) mass is 340 g/mol. The van der Waals surface area contributed by atoms with Gasteiger partial charge in [0.1, 0.15) is 5.78 Å². The number of nitrogens with two attached hydrogens (primary N) is 2. The second kappa shape index (κ2) is 10.3. The summed E-state index contributed by atoms with van der Waals surface area (Å²) in [5.74, 6) is 0.303. The fraction of sp³-hybridized carbons (Fsp3) is 0.889. The first-order valence-corrected chi connectivity index (χ1v) is 8.38. The topological polar surface area (TPSA) is 103 Å². The molecule has 0 spiro atoms. The molecule has 0 unspecified atom stereocenters. The van der Waals surface area contributed by atoms with E-state index in [-0.39, 0.29) is 42.4 Å². The predicted octanol–water partition coefficient (Wildman–Crippen LogP) is 0.796. The molecule has 0 aromatic rings.